The molecule has 4 rings (SSSR count). The van der Waals surface area contributed by atoms with Gasteiger partial charge in [0, 0.05) is 11.3 Å². The summed E-state index contributed by atoms with van der Waals surface area (Å²) in [4.78, 5) is 16.1. The number of thiophene rings is 1. The average molecular weight is 382 g/mol. The predicted octanol–water partition coefficient (Wildman–Crippen LogP) is 3.60. The summed E-state index contributed by atoms with van der Waals surface area (Å²) >= 11 is 1.68. The Morgan fingerprint density at radius 1 is 1.11 bits per heavy atom. The summed E-state index contributed by atoms with van der Waals surface area (Å²) in [6.07, 6.45) is 3.34. The fourth-order valence-corrected chi connectivity index (χ4v) is 4.49. The smallest absolute Gasteiger partial charge is 0.223 e. The molecule has 1 saturated heterocycles. The van der Waals surface area contributed by atoms with E-state index in [9.17, 15) is 4.79 Å². The van der Waals surface area contributed by atoms with Crippen molar-refractivity contribution in [3.63, 3.8) is 0 Å². The Morgan fingerprint density at radius 3 is 2.74 bits per heavy atom. The molecular weight excluding hydrogens is 358 g/mol. The molecule has 0 bridgehead atoms. The third kappa shape index (κ3) is 3.64. The fraction of sp³-hybridized carbons (Fsp3) is 0.400. The molecule has 0 saturated carbocycles. The molecule has 0 aliphatic carbocycles. The van der Waals surface area contributed by atoms with Gasteiger partial charge in [-0.2, -0.15) is 0 Å². The van der Waals surface area contributed by atoms with Crippen molar-refractivity contribution in [3.05, 3.63) is 64.1 Å². The zero-order valence-electron chi connectivity index (χ0n) is 15.4. The zero-order valence-corrected chi connectivity index (χ0v) is 16.2. The lowest BCUT2D eigenvalue weighted by atomic mass is 9.92. The normalized spacial score (nSPS) is 20.6. The molecule has 0 radical (unpaired) electrons. The lowest BCUT2D eigenvalue weighted by Crippen LogP contribution is -2.47. The van der Waals surface area contributed by atoms with E-state index in [0.29, 0.717) is 19.5 Å². The van der Waals surface area contributed by atoms with E-state index in [1.54, 1.807) is 11.3 Å². The van der Waals surface area contributed by atoms with Crippen LogP contribution in [-0.4, -0.2) is 31.0 Å². The van der Waals surface area contributed by atoms with Crippen molar-refractivity contribution in [1.82, 2.24) is 25.1 Å². The van der Waals surface area contributed by atoms with Crippen LogP contribution >= 0.6 is 11.3 Å². The molecule has 1 aromatic carbocycles. The Morgan fingerprint density at radius 2 is 1.96 bits per heavy atom. The minimum atomic E-state index is -0.518. The maximum atomic E-state index is 13.0. The van der Waals surface area contributed by atoms with Crippen LogP contribution in [0.1, 0.15) is 48.9 Å². The van der Waals surface area contributed by atoms with E-state index in [1.165, 1.54) is 4.88 Å². The van der Waals surface area contributed by atoms with E-state index in [-0.39, 0.29) is 5.91 Å². The molecular formula is C20H23N5OS. The summed E-state index contributed by atoms with van der Waals surface area (Å²) in [5.74, 6) is 0.941. The molecule has 3 heterocycles. The van der Waals surface area contributed by atoms with E-state index < -0.39 is 5.54 Å². The van der Waals surface area contributed by atoms with Crippen LogP contribution in [0.3, 0.4) is 0 Å². The standard InChI is InChI=1S/C20H23N5OS/c1-20(19-21-22-23-25(19)14-16-8-3-2-4-9-16)12-6-5-11-18(26)24(20)15-17-10-7-13-27-17/h2-4,7-10,13H,5-6,11-12,14-15H2,1H3. The van der Waals surface area contributed by atoms with Gasteiger partial charge in [0.2, 0.25) is 5.91 Å². The number of rotatable bonds is 5. The fourth-order valence-electron chi connectivity index (χ4n) is 3.80. The van der Waals surface area contributed by atoms with E-state index in [4.69, 9.17) is 0 Å². The number of aromatic nitrogens is 4. The number of carbonyl (C=O) groups excluding carboxylic acids is 1. The molecule has 1 fully saturated rings. The maximum Gasteiger partial charge on any atom is 0.223 e. The Hall–Kier alpha value is -2.54. The minimum Gasteiger partial charge on any atom is -0.325 e. The summed E-state index contributed by atoms with van der Waals surface area (Å²) in [6.45, 7) is 3.31. The second-order valence-corrected chi connectivity index (χ2v) is 8.22. The van der Waals surface area contributed by atoms with Crippen LogP contribution in [0, 0.1) is 0 Å². The first kappa shape index (κ1) is 17.9. The molecule has 0 spiro atoms. The molecule has 1 aliphatic rings. The van der Waals surface area contributed by atoms with E-state index in [1.807, 2.05) is 33.8 Å². The van der Waals surface area contributed by atoms with Gasteiger partial charge in [-0.1, -0.05) is 42.8 Å². The maximum absolute atomic E-state index is 13.0. The van der Waals surface area contributed by atoms with Gasteiger partial charge in [-0.05, 0) is 47.2 Å². The van der Waals surface area contributed by atoms with Gasteiger partial charge in [0.1, 0.15) is 5.54 Å². The summed E-state index contributed by atoms with van der Waals surface area (Å²) < 4.78 is 1.84. The van der Waals surface area contributed by atoms with Crippen LogP contribution in [0.15, 0.2) is 47.8 Å². The van der Waals surface area contributed by atoms with Crippen molar-refractivity contribution in [3.8, 4) is 0 Å². The molecule has 1 unspecified atom stereocenters. The van der Waals surface area contributed by atoms with Crippen LogP contribution in [0.25, 0.3) is 0 Å². The van der Waals surface area contributed by atoms with E-state index in [2.05, 4.69) is 46.0 Å². The third-order valence-corrected chi connectivity index (χ3v) is 6.14. The molecule has 1 aliphatic heterocycles. The van der Waals surface area contributed by atoms with Crippen LogP contribution < -0.4 is 0 Å². The molecule has 1 atom stereocenters. The average Bonchev–Trinajstić information content (AvgIpc) is 3.33. The number of tetrazole rings is 1. The number of hydrogen-bond acceptors (Lipinski definition) is 5. The highest BCUT2D eigenvalue weighted by Gasteiger charge is 2.42. The highest BCUT2D eigenvalue weighted by molar-refractivity contribution is 7.09. The first-order chi connectivity index (χ1) is 13.2. The molecule has 1 amide bonds. The molecule has 0 N–H and O–H groups in total. The number of hydrogen-bond donors (Lipinski definition) is 0. The van der Waals surface area contributed by atoms with Gasteiger partial charge < -0.3 is 4.90 Å². The minimum absolute atomic E-state index is 0.178. The van der Waals surface area contributed by atoms with Gasteiger partial charge in [0.15, 0.2) is 5.82 Å². The van der Waals surface area contributed by atoms with Crippen LogP contribution in [0.5, 0.6) is 0 Å². The van der Waals surface area contributed by atoms with Gasteiger partial charge in [0.05, 0.1) is 13.1 Å². The molecule has 2 aromatic heterocycles. The number of nitrogens with zero attached hydrogens (tertiary/aromatic N) is 5. The lowest BCUT2D eigenvalue weighted by Gasteiger charge is -2.39. The lowest BCUT2D eigenvalue weighted by molar-refractivity contribution is -0.138. The molecule has 140 valence electrons. The number of carbonyl (C=O) groups is 1. The van der Waals surface area contributed by atoms with Crippen molar-refractivity contribution < 1.29 is 4.79 Å². The molecule has 3 aromatic rings. The summed E-state index contributed by atoms with van der Waals surface area (Å²) in [5.41, 5.74) is 0.620. The molecule has 27 heavy (non-hydrogen) atoms. The van der Waals surface area contributed by atoms with Gasteiger partial charge in [0.25, 0.3) is 0 Å². The van der Waals surface area contributed by atoms with Crippen LogP contribution in [-0.2, 0) is 23.4 Å². The van der Waals surface area contributed by atoms with E-state index in [0.717, 1.165) is 30.7 Å². The van der Waals surface area contributed by atoms with Crippen molar-refractivity contribution >= 4 is 17.2 Å². The van der Waals surface area contributed by atoms with Crippen molar-refractivity contribution in [2.45, 2.75) is 51.2 Å². The zero-order chi connectivity index (χ0) is 18.7. The highest BCUT2D eigenvalue weighted by Crippen LogP contribution is 2.37. The number of benzene rings is 1. The Kier molecular flexibility index (Phi) is 5.03. The van der Waals surface area contributed by atoms with E-state index >= 15 is 0 Å². The largest absolute Gasteiger partial charge is 0.325 e. The Bertz CT molecular complexity index is 892. The second-order valence-electron chi connectivity index (χ2n) is 7.19. The van der Waals surface area contributed by atoms with Crippen molar-refractivity contribution in [1.29, 1.82) is 0 Å². The van der Waals surface area contributed by atoms with Crippen LogP contribution in [0.2, 0.25) is 0 Å². The third-order valence-electron chi connectivity index (χ3n) is 5.28. The topological polar surface area (TPSA) is 63.9 Å². The van der Waals surface area contributed by atoms with Crippen molar-refractivity contribution in [2.75, 3.05) is 0 Å². The number of likely N-dealkylation sites (tertiary alicyclic amines) is 1. The first-order valence-electron chi connectivity index (χ1n) is 9.30. The second kappa shape index (κ2) is 7.60. The Balaban J connectivity index is 1.70. The summed E-state index contributed by atoms with van der Waals surface area (Å²) in [5, 5.41) is 14.6. The highest BCUT2D eigenvalue weighted by atomic mass is 32.1. The summed E-state index contributed by atoms with van der Waals surface area (Å²) in [6, 6.07) is 14.3. The molecule has 7 heteroatoms. The van der Waals surface area contributed by atoms with Gasteiger partial charge in [-0.3, -0.25) is 4.79 Å². The predicted molar refractivity (Wildman–Crippen MR) is 104 cm³/mol. The van der Waals surface area contributed by atoms with Gasteiger partial charge >= 0.3 is 0 Å². The monoisotopic (exact) mass is 381 g/mol. The van der Waals surface area contributed by atoms with Crippen LogP contribution in [0.4, 0.5) is 0 Å². The van der Waals surface area contributed by atoms with Gasteiger partial charge in [-0.25, -0.2) is 4.68 Å². The van der Waals surface area contributed by atoms with Gasteiger partial charge in [-0.15, -0.1) is 16.4 Å². The quantitative estimate of drug-likeness (QED) is 0.677. The van der Waals surface area contributed by atoms with Crippen molar-refractivity contribution in [2.24, 2.45) is 0 Å². The SMILES string of the molecule is CC1(c2nnnn2Cc2ccccc2)CCCCC(=O)N1Cc1cccs1. The molecule has 6 nitrogen and oxygen atoms in total. The Labute approximate surface area is 162 Å². The number of amides is 1. The first-order valence-corrected chi connectivity index (χ1v) is 10.2. The summed E-state index contributed by atoms with van der Waals surface area (Å²) in [7, 11) is 0.